The van der Waals surface area contributed by atoms with Crippen LogP contribution in [0.5, 0.6) is 0 Å². The molecule has 0 radical (unpaired) electrons. The first kappa shape index (κ1) is 19.6. The summed E-state index contributed by atoms with van der Waals surface area (Å²) in [5.74, 6) is 0.705. The number of morpholine rings is 1. The molecule has 0 saturated carbocycles. The summed E-state index contributed by atoms with van der Waals surface area (Å²) >= 11 is 0. The van der Waals surface area contributed by atoms with Crippen LogP contribution in [0.25, 0.3) is 0 Å². The quantitative estimate of drug-likeness (QED) is 0.451. The van der Waals surface area contributed by atoms with E-state index in [2.05, 4.69) is 20.5 Å². The van der Waals surface area contributed by atoms with Crippen molar-refractivity contribution >= 4 is 16.0 Å². The molecule has 1 aliphatic heterocycles. The van der Waals surface area contributed by atoms with Gasteiger partial charge in [0.25, 0.3) is 0 Å². The van der Waals surface area contributed by atoms with E-state index >= 15 is 0 Å². The van der Waals surface area contributed by atoms with E-state index < -0.39 is 10.0 Å². The Morgan fingerprint density at radius 3 is 2.76 bits per heavy atom. The summed E-state index contributed by atoms with van der Waals surface area (Å²) < 4.78 is 28.2. The molecule has 1 fully saturated rings. The monoisotopic (exact) mass is 369 g/mol. The fourth-order valence-corrected chi connectivity index (χ4v) is 3.07. The van der Waals surface area contributed by atoms with Crippen molar-refractivity contribution in [3.05, 3.63) is 29.8 Å². The van der Waals surface area contributed by atoms with Gasteiger partial charge in [-0.25, -0.2) is 18.5 Å². The summed E-state index contributed by atoms with van der Waals surface area (Å²) in [6.07, 6.45) is 0. The number of primary sulfonamides is 1. The summed E-state index contributed by atoms with van der Waals surface area (Å²) in [6, 6.07) is 6.53. The van der Waals surface area contributed by atoms with Crippen LogP contribution < -0.4 is 15.8 Å². The highest BCUT2D eigenvalue weighted by atomic mass is 32.2. The summed E-state index contributed by atoms with van der Waals surface area (Å²) in [7, 11) is -3.70. The maximum Gasteiger partial charge on any atom is 0.238 e. The zero-order chi connectivity index (χ0) is 18.1. The maximum absolute atomic E-state index is 11.4. The molecule has 0 aliphatic carbocycles. The minimum atomic E-state index is -3.70. The molecule has 0 spiro atoms. The van der Waals surface area contributed by atoms with Gasteiger partial charge in [-0.3, -0.25) is 4.90 Å². The molecule has 4 N–H and O–H groups in total. The summed E-state index contributed by atoms with van der Waals surface area (Å²) in [4.78, 5) is 6.95. The Morgan fingerprint density at radius 2 is 2.08 bits per heavy atom. The highest BCUT2D eigenvalue weighted by molar-refractivity contribution is 7.89. The Labute approximate surface area is 149 Å². The maximum atomic E-state index is 11.4. The second kappa shape index (κ2) is 9.71. The smallest absolute Gasteiger partial charge is 0.238 e. The normalized spacial score (nSPS) is 16.6. The highest BCUT2D eigenvalue weighted by Gasteiger charge is 2.10. The predicted molar refractivity (Wildman–Crippen MR) is 97.9 cm³/mol. The molecule has 0 unspecified atom stereocenters. The van der Waals surface area contributed by atoms with Gasteiger partial charge in [0.1, 0.15) is 0 Å². The van der Waals surface area contributed by atoms with Gasteiger partial charge in [-0.05, 0) is 24.6 Å². The van der Waals surface area contributed by atoms with Crippen molar-refractivity contribution in [3.8, 4) is 0 Å². The number of hydrogen-bond acceptors (Lipinski definition) is 5. The third-order valence-corrected chi connectivity index (χ3v) is 4.73. The van der Waals surface area contributed by atoms with E-state index in [4.69, 9.17) is 9.88 Å². The lowest BCUT2D eigenvalue weighted by atomic mass is 10.2. The van der Waals surface area contributed by atoms with Crippen molar-refractivity contribution in [2.24, 2.45) is 10.1 Å². The Kier molecular flexibility index (Phi) is 7.63. The molecule has 1 aromatic carbocycles. The molecule has 0 bridgehead atoms. The largest absolute Gasteiger partial charge is 0.379 e. The zero-order valence-electron chi connectivity index (χ0n) is 14.6. The second-order valence-electron chi connectivity index (χ2n) is 5.77. The molecule has 0 atom stereocenters. The van der Waals surface area contributed by atoms with Crippen LogP contribution in [0, 0.1) is 0 Å². The SMILES string of the molecule is CCNC(=NCc1cccc(S(N)(=O)=O)c1)NCCN1CCOCC1. The van der Waals surface area contributed by atoms with E-state index in [0.29, 0.717) is 12.5 Å². The Morgan fingerprint density at radius 1 is 1.32 bits per heavy atom. The van der Waals surface area contributed by atoms with Crippen LogP contribution in [0.15, 0.2) is 34.2 Å². The molecular weight excluding hydrogens is 342 g/mol. The van der Waals surface area contributed by atoms with Crippen molar-refractivity contribution in [2.75, 3.05) is 45.9 Å². The highest BCUT2D eigenvalue weighted by Crippen LogP contribution is 2.10. The first-order valence-corrected chi connectivity index (χ1v) is 9.97. The van der Waals surface area contributed by atoms with Gasteiger partial charge in [0.2, 0.25) is 10.0 Å². The third-order valence-electron chi connectivity index (χ3n) is 3.82. The predicted octanol–water partition coefficient (Wildman–Crippen LogP) is -0.279. The number of nitrogens with two attached hydrogens (primary N) is 1. The molecule has 25 heavy (non-hydrogen) atoms. The fourth-order valence-electron chi connectivity index (χ4n) is 2.49. The lowest BCUT2D eigenvalue weighted by Crippen LogP contribution is -2.44. The first-order chi connectivity index (χ1) is 12.0. The Balaban J connectivity index is 1.90. The molecule has 8 nitrogen and oxygen atoms in total. The lowest BCUT2D eigenvalue weighted by molar-refractivity contribution is 0.0389. The van der Waals surface area contributed by atoms with Gasteiger partial charge < -0.3 is 15.4 Å². The number of guanidine groups is 1. The first-order valence-electron chi connectivity index (χ1n) is 8.43. The molecule has 0 aromatic heterocycles. The van der Waals surface area contributed by atoms with E-state index in [0.717, 1.165) is 51.5 Å². The minimum absolute atomic E-state index is 0.102. The van der Waals surface area contributed by atoms with E-state index in [-0.39, 0.29) is 4.90 Å². The Hall–Kier alpha value is -1.68. The van der Waals surface area contributed by atoms with E-state index in [1.807, 2.05) is 13.0 Å². The van der Waals surface area contributed by atoms with Gasteiger partial charge in [0.05, 0.1) is 24.7 Å². The van der Waals surface area contributed by atoms with Crippen LogP contribution >= 0.6 is 0 Å². The molecule has 140 valence electrons. The third kappa shape index (κ3) is 6.99. The molecule has 2 rings (SSSR count). The number of aliphatic imine (C=N–C) groups is 1. The van der Waals surface area contributed by atoms with Gasteiger partial charge in [0.15, 0.2) is 5.96 Å². The van der Waals surface area contributed by atoms with Crippen LogP contribution in [0.1, 0.15) is 12.5 Å². The average molecular weight is 369 g/mol. The molecule has 1 aliphatic rings. The fraction of sp³-hybridized carbons (Fsp3) is 0.562. The average Bonchev–Trinajstić information content (AvgIpc) is 2.60. The van der Waals surface area contributed by atoms with Crippen molar-refractivity contribution in [1.82, 2.24) is 15.5 Å². The van der Waals surface area contributed by atoms with E-state index in [9.17, 15) is 8.42 Å². The van der Waals surface area contributed by atoms with Crippen LogP contribution in [-0.2, 0) is 21.3 Å². The number of nitrogens with one attached hydrogen (secondary N) is 2. The molecule has 1 heterocycles. The molecule has 1 aromatic rings. The van der Waals surface area contributed by atoms with Crippen molar-refractivity contribution in [3.63, 3.8) is 0 Å². The van der Waals surface area contributed by atoms with Gasteiger partial charge in [0, 0.05) is 32.7 Å². The van der Waals surface area contributed by atoms with Crippen molar-refractivity contribution in [1.29, 1.82) is 0 Å². The summed E-state index contributed by atoms with van der Waals surface area (Å²) in [5, 5.41) is 11.6. The molecule has 0 amide bonds. The van der Waals surface area contributed by atoms with Crippen molar-refractivity contribution < 1.29 is 13.2 Å². The number of sulfonamides is 1. The van der Waals surface area contributed by atoms with Crippen molar-refractivity contribution in [2.45, 2.75) is 18.4 Å². The zero-order valence-corrected chi connectivity index (χ0v) is 15.4. The lowest BCUT2D eigenvalue weighted by Gasteiger charge is -2.26. The second-order valence-corrected chi connectivity index (χ2v) is 7.33. The summed E-state index contributed by atoms with van der Waals surface area (Å²) in [5.41, 5.74) is 0.789. The molecule has 1 saturated heterocycles. The number of hydrogen-bond donors (Lipinski definition) is 3. The number of benzene rings is 1. The Bertz CT molecular complexity index is 672. The minimum Gasteiger partial charge on any atom is -0.379 e. The van der Waals surface area contributed by atoms with Gasteiger partial charge in [-0.1, -0.05) is 12.1 Å². The number of ether oxygens (including phenoxy) is 1. The standard InChI is InChI=1S/C16H27N5O3S/c1-2-18-16(19-6-7-21-8-10-24-11-9-21)20-13-14-4-3-5-15(12-14)25(17,22)23/h3-5,12H,2,6-11,13H2,1H3,(H2,17,22,23)(H2,18,19,20). The van der Waals surface area contributed by atoms with Crippen LogP contribution in [0.4, 0.5) is 0 Å². The summed E-state index contributed by atoms with van der Waals surface area (Å²) in [6.45, 7) is 8.31. The molecular formula is C16H27N5O3S. The number of nitrogens with zero attached hydrogens (tertiary/aromatic N) is 2. The molecule has 9 heteroatoms. The van der Waals surface area contributed by atoms with Crippen LogP contribution in [0.3, 0.4) is 0 Å². The van der Waals surface area contributed by atoms with Gasteiger partial charge in [-0.15, -0.1) is 0 Å². The number of rotatable bonds is 7. The van der Waals surface area contributed by atoms with Crippen LogP contribution in [-0.4, -0.2) is 65.2 Å². The van der Waals surface area contributed by atoms with E-state index in [1.54, 1.807) is 12.1 Å². The van der Waals surface area contributed by atoms with Gasteiger partial charge in [-0.2, -0.15) is 0 Å². The topological polar surface area (TPSA) is 109 Å². The van der Waals surface area contributed by atoms with Gasteiger partial charge >= 0.3 is 0 Å². The van der Waals surface area contributed by atoms with E-state index in [1.165, 1.54) is 6.07 Å². The van der Waals surface area contributed by atoms with Crippen LogP contribution in [0.2, 0.25) is 0 Å².